The molecule has 0 bridgehead atoms. The van der Waals surface area contributed by atoms with Crippen LogP contribution in [0.1, 0.15) is 0 Å². The van der Waals surface area contributed by atoms with E-state index in [1.807, 2.05) is 47.2 Å². The summed E-state index contributed by atoms with van der Waals surface area (Å²) in [5.74, 6) is 0. The van der Waals surface area contributed by atoms with E-state index in [0.29, 0.717) is 4.73 Å². The smallest absolute Gasteiger partial charge is 0.218 e. The number of aromatic nitrogens is 5. The molecule has 0 unspecified atom stereocenters. The van der Waals surface area contributed by atoms with Crippen molar-refractivity contribution in [1.82, 2.24) is 24.1 Å². The lowest BCUT2D eigenvalue weighted by Gasteiger charge is -2.07. The zero-order chi connectivity index (χ0) is 15.4. The maximum Gasteiger partial charge on any atom is 0.218 e. The Hall–Kier alpha value is -2.73. The van der Waals surface area contributed by atoms with Gasteiger partial charge in [0, 0.05) is 11.1 Å². The molecule has 23 heavy (non-hydrogen) atoms. The fraction of sp³-hybridized carbons (Fsp3) is 0. The fourth-order valence-corrected chi connectivity index (χ4v) is 3.35. The van der Waals surface area contributed by atoms with Crippen molar-refractivity contribution in [3.63, 3.8) is 0 Å². The lowest BCUT2D eigenvalue weighted by atomic mass is 10.2. The summed E-state index contributed by atoms with van der Waals surface area (Å²) >= 11 is 3.37. The predicted octanol–water partition coefficient (Wildman–Crippen LogP) is 3.98. The van der Waals surface area contributed by atoms with Gasteiger partial charge in [0.05, 0.1) is 11.0 Å². The van der Waals surface area contributed by atoms with Crippen molar-refractivity contribution in [2.75, 3.05) is 0 Å². The molecule has 0 fully saturated rings. The molecule has 0 aliphatic carbocycles. The Morgan fingerprint density at radius 2 is 1.70 bits per heavy atom. The van der Waals surface area contributed by atoms with Crippen LogP contribution in [0.3, 0.4) is 0 Å². The van der Waals surface area contributed by atoms with E-state index < -0.39 is 0 Å². The molecular formula is C17H10BrN5. The summed E-state index contributed by atoms with van der Waals surface area (Å²) in [5.41, 5.74) is 4.71. The number of para-hydroxylation sites is 2. The Balaban J connectivity index is 2.05. The van der Waals surface area contributed by atoms with Crippen molar-refractivity contribution >= 4 is 43.5 Å². The van der Waals surface area contributed by atoms with Gasteiger partial charge in [-0.05, 0) is 34.1 Å². The van der Waals surface area contributed by atoms with Crippen LogP contribution in [0.4, 0.5) is 0 Å². The first-order chi connectivity index (χ1) is 11.3. The maximum absolute atomic E-state index is 4.61. The second kappa shape index (κ2) is 4.63. The molecule has 5 aromatic rings. The Bertz CT molecular complexity index is 1170. The van der Waals surface area contributed by atoms with Crippen LogP contribution >= 0.6 is 15.9 Å². The van der Waals surface area contributed by atoms with E-state index in [4.69, 9.17) is 0 Å². The SMILES string of the molecule is Brc1nc2c3ncn(-c4ccccc4)c3c3ccccc3n2n1. The summed E-state index contributed by atoms with van der Waals surface area (Å²) in [6, 6.07) is 18.4. The van der Waals surface area contributed by atoms with Crippen LogP contribution in [-0.4, -0.2) is 24.1 Å². The number of hydrogen-bond donors (Lipinski definition) is 0. The Kier molecular flexibility index (Phi) is 2.57. The molecule has 3 heterocycles. The monoisotopic (exact) mass is 363 g/mol. The first-order valence-corrected chi connectivity index (χ1v) is 7.98. The topological polar surface area (TPSA) is 48.0 Å². The number of imidazole rings is 1. The highest BCUT2D eigenvalue weighted by atomic mass is 79.9. The molecule has 0 aliphatic heterocycles. The van der Waals surface area contributed by atoms with Crippen LogP contribution in [0, 0.1) is 0 Å². The van der Waals surface area contributed by atoms with Gasteiger partial charge in [-0.3, -0.25) is 4.57 Å². The summed E-state index contributed by atoms with van der Waals surface area (Å²) in [6.07, 6.45) is 1.84. The molecule has 0 amide bonds. The minimum Gasteiger partial charge on any atom is -0.298 e. The van der Waals surface area contributed by atoms with Crippen molar-refractivity contribution in [3.05, 3.63) is 65.7 Å². The molecule has 5 nitrogen and oxygen atoms in total. The molecule has 0 spiro atoms. The highest BCUT2D eigenvalue weighted by Gasteiger charge is 2.16. The van der Waals surface area contributed by atoms with Crippen molar-refractivity contribution in [1.29, 1.82) is 0 Å². The van der Waals surface area contributed by atoms with Crippen LogP contribution in [0.25, 0.3) is 33.3 Å². The number of rotatable bonds is 1. The molecule has 0 radical (unpaired) electrons. The zero-order valence-corrected chi connectivity index (χ0v) is 13.5. The van der Waals surface area contributed by atoms with E-state index in [1.54, 1.807) is 0 Å². The predicted molar refractivity (Wildman–Crippen MR) is 92.8 cm³/mol. The van der Waals surface area contributed by atoms with Gasteiger partial charge in [0.15, 0.2) is 5.65 Å². The van der Waals surface area contributed by atoms with Crippen molar-refractivity contribution in [2.45, 2.75) is 0 Å². The molecule has 6 heteroatoms. The van der Waals surface area contributed by atoms with E-state index in [2.05, 4.69) is 53.8 Å². The Labute approximate surface area is 139 Å². The van der Waals surface area contributed by atoms with E-state index >= 15 is 0 Å². The fourth-order valence-electron chi connectivity index (χ4n) is 3.02. The zero-order valence-electron chi connectivity index (χ0n) is 11.9. The number of nitrogens with zero attached hydrogens (tertiary/aromatic N) is 5. The Morgan fingerprint density at radius 1 is 0.913 bits per heavy atom. The number of benzene rings is 2. The maximum atomic E-state index is 4.61. The lowest BCUT2D eigenvalue weighted by Crippen LogP contribution is -1.96. The second-order valence-electron chi connectivity index (χ2n) is 5.28. The van der Waals surface area contributed by atoms with Crippen LogP contribution in [0.5, 0.6) is 0 Å². The summed E-state index contributed by atoms with van der Waals surface area (Å²) in [5, 5.41) is 5.54. The van der Waals surface area contributed by atoms with Gasteiger partial charge in [-0.25, -0.2) is 9.50 Å². The summed E-state index contributed by atoms with van der Waals surface area (Å²) in [7, 11) is 0. The molecule has 110 valence electrons. The van der Waals surface area contributed by atoms with Gasteiger partial charge in [0.1, 0.15) is 11.8 Å². The summed E-state index contributed by atoms with van der Waals surface area (Å²) in [4.78, 5) is 9.10. The number of fused-ring (bicyclic) bond motifs is 6. The van der Waals surface area contributed by atoms with Crippen molar-refractivity contribution in [2.24, 2.45) is 0 Å². The number of pyridine rings is 1. The molecule has 2 aromatic carbocycles. The van der Waals surface area contributed by atoms with Gasteiger partial charge in [0.2, 0.25) is 4.73 Å². The van der Waals surface area contributed by atoms with E-state index in [-0.39, 0.29) is 0 Å². The average Bonchev–Trinajstić information content (AvgIpc) is 3.19. The van der Waals surface area contributed by atoms with Gasteiger partial charge in [-0.1, -0.05) is 36.4 Å². The molecule has 0 aliphatic rings. The highest BCUT2D eigenvalue weighted by molar-refractivity contribution is 9.10. The third-order valence-electron chi connectivity index (χ3n) is 3.98. The molecule has 0 atom stereocenters. The molecule has 0 saturated heterocycles. The van der Waals surface area contributed by atoms with Crippen LogP contribution < -0.4 is 0 Å². The van der Waals surface area contributed by atoms with Crippen molar-refractivity contribution < 1.29 is 0 Å². The normalized spacial score (nSPS) is 11.7. The third-order valence-corrected chi connectivity index (χ3v) is 4.32. The third kappa shape index (κ3) is 1.75. The lowest BCUT2D eigenvalue weighted by molar-refractivity contribution is 0.987. The van der Waals surface area contributed by atoms with Gasteiger partial charge in [-0.15, -0.1) is 5.10 Å². The highest BCUT2D eigenvalue weighted by Crippen LogP contribution is 2.30. The average molecular weight is 364 g/mol. The molecule has 0 saturated carbocycles. The van der Waals surface area contributed by atoms with Crippen LogP contribution in [-0.2, 0) is 0 Å². The Morgan fingerprint density at radius 3 is 2.57 bits per heavy atom. The van der Waals surface area contributed by atoms with Gasteiger partial charge in [-0.2, -0.15) is 4.98 Å². The van der Waals surface area contributed by atoms with Gasteiger partial charge >= 0.3 is 0 Å². The summed E-state index contributed by atoms with van der Waals surface area (Å²) < 4.78 is 4.49. The first-order valence-electron chi connectivity index (χ1n) is 7.18. The van der Waals surface area contributed by atoms with Gasteiger partial charge < -0.3 is 0 Å². The molecule has 5 rings (SSSR count). The minimum atomic E-state index is 0.560. The first kappa shape index (κ1) is 12.8. The summed E-state index contributed by atoms with van der Waals surface area (Å²) in [6.45, 7) is 0. The minimum absolute atomic E-state index is 0.560. The van der Waals surface area contributed by atoms with Gasteiger partial charge in [0.25, 0.3) is 0 Å². The largest absolute Gasteiger partial charge is 0.298 e. The van der Waals surface area contributed by atoms with E-state index in [1.165, 1.54) is 0 Å². The van der Waals surface area contributed by atoms with Crippen LogP contribution in [0.15, 0.2) is 65.7 Å². The van der Waals surface area contributed by atoms with Crippen molar-refractivity contribution in [3.8, 4) is 5.69 Å². The number of hydrogen-bond acceptors (Lipinski definition) is 3. The van der Waals surface area contributed by atoms with Crippen LogP contribution in [0.2, 0.25) is 0 Å². The standard InChI is InChI=1S/C17H10BrN5/c18-17-20-16-14-15(12-8-4-5-9-13(12)23(16)21-17)22(10-19-14)11-6-2-1-3-7-11/h1-10H. The number of halogens is 1. The second-order valence-corrected chi connectivity index (χ2v) is 5.99. The quantitative estimate of drug-likeness (QED) is 0.452. The molecular weight excluding hydrogens is 354 g/mol. The molecule has 3 aromatic heterocycles. The van der Waals surface area contributed by atoms with E-state index in [0.717, 1.165) is 33.3 Å². The van der Waals surface area contributed by atoms with E-state index in [9.17, 15) is 0 Å². The molecule has 0 N–H and O–H groups in total.